The molecule has 31 heavy (non-hydrogen) atoms. The zero-order chi connectivity index (χ0) is 23.0. The Bertz CT molecular complexity index is 562. The van der Waals surface area contributed by atoms with Gasteiger partial charge >= 0.3 is 7.82 Å². The minimum Gasteiger partial charge on any atom is -0.388 e. The van der Waals surface area contributed by atoms with Crippen LogP contribution < -0.4 is 5.73 Å². The summed E-state index contributed by atoms with van der Waals surface area (Å²) in [7, 11) is -4.15. The molecule has 0 heterocycles. The first-order valence-electron chi connectivity index (χ1n) is 11.2. The Hall–Kier alpha value is -1.05. The molecule has 180 valence electrons. The Morgan fingerprint density at radius 1 is 0.839 bits per heavy atom. The van der Waals surface area contributed by atoms with Gasteiger partial charge in [-0.05, 0) is 44.9 Å². The highest BCUT2D eigenvalue weighted by Gasteiger charge is 2.22. The first-order chi connectivity index (χ1) is 15.0. The van der Waals surface area contributed by atoms with Gasteiger partial charge in [-0.25, -0.2) is 4.57 Å². The van der Waals surface area contributed by atoms with Gasteiger partial charge in [-0.1, -0.05) is 62.0 Å². The third kappa shape index (κ3) is 23.4. The van der Waals surface area contributed by atoms with Crippen molar-refractivity contribution in [3.8, 4) is 0 Å². The van der Waals surface area contributed by atoms with E-state index in [-0.39, 0.29) is 26.4 Å². The van der Waals surface area contributed by atoms with Crippen LogP contribution in [0.1, 0.15) is 58.3 Å². The zero-order valence-electron chi connectivity index (χ0n) is 18.9. The lowest BCUT2D eigenvalue weighted by atomic mass is 10.2. The van der Waals surface area contributed by atoms with Crippen LogP contribution in [0.25, 0.3) is 0 Å². The van der Waals surface area contributed by atoms with Crippen molar-refractivity contribution in [2.75, 3.05) is 33.0 Å². The normalized spacial score (nSPS) is 15.6. The lowest BCUT2D eigenvalue weighted by Gasteiger charge is -2.15. The fourth-order valence-electron chi connectivity index (χ4n) is 2.39. The fourth-order valence-corrected chi connectivity index (χ4v) is 3.16. The molecule has 0 aliphatic heterocycles. The van der Waals surface area contributed by atoms with E-state index in [4.69, 9.17) is 10.5 Å². The number of hydrogen-bond donors (Lipinski definition) is 3. The maximum atomic E-state index is 11.4. The van der Waals surface area contributed by atoms with Crippen LogP contribution >= 0.6 is 7.82 Å². The molecular weight excluding hydrogens is 417 g/mol. The number of phosphoric acid groups is 1. The lowest BCUT2D eigenvalue weighted by Crippen LogP contribution is -2.22. The van der Waals surface area contributed by atoms with E-state index >= 15 is 0 Å². The Balaban J connectivity index is 3.49. The van der Waals surface area contributed by atoms with Crippen LogP contribution in [0.5, 0.6) is 0 Å². The van der Waals surface area contributed by atoms with Crippen LogP contribution in [-0.2, 0) is 18.3 Å². The monoisotopic (exact) mass is 459 g/mol. The second kappa shape index (κ2) is 22.2. The highest BCUT2D eigenvalue weighted by Crippen LogP contribution is 2.42. The van der Waals surface area contributed by atoms with Crippen molar-refractivity contribution in [1.29, 1.82) is 0 Å². The van der Waals surface area contributed by atoms with E-state index in [1.165, 1.54) is 0 Å². The van der Waals surface area contributed by atoms with E-state index in [1.807, 2.05) is 0 Å². The molecule has 2 unspecified atom stereocenters. The van der Waals surface area contributed by atoms with Crippen molar-refractivity contribution < 1.29 is 28.3 Å². The number of rotatable bonds is 21. The molecule has 0 aliphatic rings. The molecule has 0 aromatic carbocycles. The first kappa shape index (κ1) is 29.9. The molecule has 0 spiro atoms. The zero-order valence-corrected chi connectivity index (χ0v) is 19.8. The summed E-state index contributed by atoms with van der Waals surface area (Å²) in [4.78, 5) is 9.31. The molecule has 2 atom stereocenters. The number of aliphatic hydroxyl groups is 1. The van der Waals surface area contributed by atoms with E-state index in [2.05, 4.69) is 64.6 Å². The van der Waals surface area contributed by atoms with Gasteiger partial charge in [0.1, 0.15) is 6.10 Å². The van der Waals surface area contributed by atoms with E-state index in [9.17, 15) is 14.6 Å². The second-order valence-electron chi connectivity index (χ2n) is 6.97. The molecule has 0 amide bonds. The van der Waals surface area contributed by atoms with Crippen molar-refractivity contribution in [1.82, 2.24) is 0 Å². The average molecular weight is 460 g/mol. The summed E-state index contributed by atoms with van der Waals surface area (Å²) in [6, 6.07) is 0. The number of ether oxygens (including phenoxy) is 1. The fraction of sp³-hybridized carbons (Fsp3) is 0.652. The van der Waals surface area contributed by atoms with Gasteiger partial charge in [0.25, 0.3) is 0 Å². The van der Waals surface area contributed by atoms with Gasteiger partial charge < -0.3 is 20.5 Å². The SMILES string of the molecule is CC/C=C\C/C=C\C/C=C\C/C=C\CCCCCOCC(O)COP(=O)(O)OCCN. The molecule has 0 saturated heterocycles. The van der Waals surface area contributed by atoms with Crippen LogP contribution in [0.2, 0.25) is 0 Å². The Kier molecular flexibility index (Phi) is 21.4. The summed E-state index contributed by atoms with van der Waals surface area (Å²) in [5.41, 5.74) is 5.18. The highest BCUT2D eigenvalue weighted by atomic mass is 31.2. The quantitative estimate of drug-likeness (QED) is 0.128. The number of nitrogens with two attached hydrogens (primary N) is 1. The molecular formula is C23H42NO6P. The lowest BCUT2D eigenvalue weighted by molar-refractivity contribution is 0.00233. The molecule has 0 aromatic heterocycles. The number of unbranched alkanes of at least 4 members (excludes halogenated alkanes) is 3. The predicted octanol–water partition coefficient (Wildman–Crippen LogP) is 4.82. The molecule has 0 rings (SSSR count). The Morgan fingerprint density at radius 2 is 1.45 bits per heavy atom. The molecule has 4 N–H and O–H groups in total. The number of phosphoric ester groups is 1. The Morgan fingerprint density at radius 3 is 2.06 bits per heavy atom. The smallest absolute Gasteiger partial charge is 0.388 e. The van der Waals surface area contributed by atoms with Gasteiger partial charge in [0.15, 0.2) is 0 Å². The van der Waals surface area contributed by atoms with Crippen molar-refractivity contribution in [2.24, 2.45) is 5.73 Å². The maximum absolute atomic E-state index is 11.4. The van der Waals surface area contributed by atoms with E-state index in [1.54, 1.807) is 0 Å². The van der Waals surface area contributed by atoms with Crippen LogP contribution in [0.15, 0.2) is 48.6 Å². The average Bonchev–Trinajstić information content (AvgIpc) is 2.75. The number of aliphatic hydroxyl groups excluding tert-OH is 1. The topological polar surface area (TPSA) is 111 Å². The Labute approximate surface area is 188 Å². The standard InChI is InChI=1S/C23H42NO6P/c1-2-3-4-5-6-7-8-9-10-11-12-13-14-15-16-17-19-28-21-23(25)22-30-31(26,27)29-20-18-24/h3-4,6-7,9-10,12-13,23,25H,2,5,8,11,14-22,24H2,1H3,(H,26,27)/b4-3-,7-6-,10-9-,13-12-. The summed E-state index contributed by atoms with van der Waals surface area (Å²) >= 11 is 0. The molecule has 0 bridgehead atoms. The first-order valence-corrected chi connectivity index (χ1v) is 12.7. The minimum absolute atomic E-state index is 0.0494. The predicted molar refractivity (Wildman–Crippen MR) is 127 cm³/mol. The van der Waals surface area contributed by atoms with Gasteiger partial charge in [0.2, 0.25) is 0 Å². The van der Waals surface area contributed by atoms with Gasteiger partial charge in [-0.15, -0.1) is 0 Å². The molecule has 0 fully saturated rings. The summed E-state index contributed by atoms with van der Waals surface area (Å²) in [6.07, 6.45) is 24.7. The largest absolute Gasteiger partial charge is 0.472 e. The van der Waals surface area contributed by atoms with Crippen LogP contribution in [0.4, 0.5) is 0 Å². The number of hydrogen-bond acceptors (Lipinski definition) is 6. The van der Waals surface area contributed by atoms with Crippen molar-refractivity contribution in [3.63, 3.8) is 0 Å². The van der Waals surface area contributed by atoms with Gasteiger partial charge in [-0.3, -0.25) is 9.05 Å². The highest BCUT2D eigenvalue weighted by molar-refractivity contribution is 7.47. The molecule has 0 aromatic rings. The maximum Gasteiger partial charge on any atom is 0.472 e. The van der Waals surface area contributed by atoms with Crippen molar-refractivity contribution in [2.45, 2.75) is 64.4 Å². The van der Waals surface area contributed by atoms with E-state index in [0.29, 0.717) is 6.61 Å². The van der Waals surface area contributed by atoms with Crippen molar-refractivity contribution >= 4 is 7.82 Å². The molecule has 7 nitrogen and oxygen atoms in total. The molecule has 8 heteroatoms. The van der Waals surface area contributed by atoms with Gasteiger partial charge in [-0.2, -0.15) is 0 Å². The second-order valence-corrected chi connectivity index (χ2v) is 8.42. The summed E-state index contributed by atoms with van der Waals surface area (Å²) in [6.45, 7) is 2.42. The summed E-state index contributed by atoms with van der Waals surface area (Å²) < 4.78 is 26.0. The minimum atomic E-state index is -4.15. The molecule has 0 radical (unpaired) electrons. The van der Waals surface area contributed by atoms with Gasteiger partial charge in [0, 0.05) is 13.2 Å². The number of allylic oxidation sites excluding steroid dienone is 8. The third-order valence-electron chi connectivity index (χ3n) is 3.99. The van der Waals surface area contributed by atoms with Gasteiger partial charge in [0.05, 0.1) is 19.8 Å². The van der Waals surface area contributed by atoms with Crippen LogP contribution in [0, 0.1) is 0 Å². The third-order valence-corrected chi connectivity index (χ3v) is 4.98. The van der Waals surface area contributed by atoms with Crippen LogP contribution in [0.3, 0.4) is 0 Å². The molecule has 0 saturated carbocycles. The van der Waals surface area contributed by atoms with E-state index in [0.717, 1.165) is 51.4 Å². The van der Waals surface area contributed by atoms with Crippen molar-refractivity contribution in [3.05, 3.63) is 48.6 Å². The summed E-state index contributed by atoms with van der Waals surface area (Å²) in [5.74, 6) is 0. The summed E-state index contributed by atoms with van der Waals surface area (Å²) in [5, 5.41) is 9.69. The van der Waals surface area contributed by atoms with E-state index < -0.39 is 13.9 Å². The molecule has 0 aliphatic carbocycles. The van der Waals surface area contributed by atoms with Crippen LogP contribution in [-0.4, -0.2) is 49.1 Å².